The summed E-state index contributed by atoms with van der Waals surface area (Å²) in [5.74, 6) is 4.36. The molecule has 3 N–H and O–H groups in total. The largest absolute Gasteiger partial charge is 0.388 e. The lowest BCUT2D eigenvalue weighted by molar-refractivity contribution is -0.0109. The number of nitrogens with zero attached hydrogens (tertiary/aromatic N) is 1. The van der Waals surface area contributed by atoms with Crippen LogP contribution in [0.25, 0.3) is 0 Å². The molecule has 0 aliphatic carbocycles. The third kappa shape index (κ3) is 3.81. The summed E-state index contributed by atoms with van der Waals surface area (Å²) in [6, 6.07) is 4.26. The molecule has 21 heavy (non-hydrogen) atoms. The van der Waals surface area contributed by atoms with E-state index < -0.39 is 17.3 Å². The first-order chi connectivity index (χ1) is 9.93. The van der Waals surface area contributed by atoms with Gasteiger partial charge in [-0.1, -0.05) is 11.8 Å². The van der Waals surface area contributed by atoms with Gasteiger partial charge in [-0.2, -0.15) is 0 Å². The lowest BCUT2D eigenvalue weighted by Gasteiger charge is -2.36. The Kier molecular flexibility index (Phi) is 4.61. The summed E-state index contributed by atoms with van der Waals surface area (Å²) in [6.45, 7) is 2.64. The zero-order valence-corrected chi connectivity index (χ0v) is 12.0. The van der Waals surface area contributed by atoms with Crippen LogP contribution in [0, 0.1) is 17.7 Å². The Labute approximate surface area is 123 Å². The molecule has 0 bridgehead atoms. The van der Waals surface area contributed by atoms with Gasteiger partial charge in [0.2, 0.25) is 0 Å². The Balaban J connectivity index is 2.19. The predicted molar refractivity (Wildman–Crippen MR) is 78.1 cm³/mol. The van der Waals surface area contributed by atoms with E-state index in [0.717, 1.165) is 0 Å². The summed E-state index contributed by atoms with van der Waals surface area (Å²) in [4.78, 5) is 13.8. The Morgan fingerprint density at radius 3 is 2.95 bits per heavy atom. The van der Waals surface area contributed by atoms with E-state index in [4.69, 9.17) is 5.73 Å². The van der Waals surface area contributed by atoms with Gasteiger partial charge in [-0.3, -0.25) is 4.79 Å². The number of β-amino-alcohol motifs (C(OH)–C–C–N with tert-alkyl or cyclic N) is 1. The number of carbonyl (C=O) groups excluding carboxylic acids is 1. The smallest absolute Gasteiger partial charge is 0.256 e. The highest BCUT2D eigenvalue weighted by molar-refractivity contribution is 5.94. The monoisotopic (exact) mass is 290 g/mol. The van der Waals surface area contributed by atoms with Crippen molar-refractivity contribution in [3.63, 3.8) is 0 Å². The molecule has 1 aliphatic rings. The van der Waals surface area contributed by atoms with E-state index in [2.05, 4.69) is 11.8 Å². The molecule has 1 saturated heterocycles. The number of rotatable bonds is 1. The van der Waals surface area contributed by atoms with E-state index in [-0.39, 0.29) is 18.7 Å². The normalized spacial score (nSPS) is 21.6. The molecule has 0 saturated carbocycles. The molecule has 1 amide bonds. The van der Waals surface area contributed by atoms with Crippen molar-refractivity contribution in [3.8, 4) is 11.8 Å². The number of benzene rings is 1. The summed E-state index contributed by atoms with van der Waals surface area (Å²) in [6.07, 6.45) is 1.35. The minimum absolute atomic E-state index is 0.00555. The lowest BCUT2D eigenvalue weighted by Crippen LogP contribution is -2.48. The van der Waals surface area contributed by atoms with Gasteiger partial charge in [0.25, 0.3) is 5.91 Å². The highest BCUT2D eigenvalue weighted by Gasteiger charge is 2.32. The minimum Gasteiger partial charge on any atom is -0.388 e. The number of likely N-dealkylation sites (tertiary alicyclic amines) is 1. The van der Waals surface area contributed by atoms with Crippen LogP contribution in [0.1, 0.15) is 35.7 Å². The van der Waals surface area contributed by atoms with Gasteiger partial charge in [-0.15, -0.1) is 0 Å². The average Bonchev–Trinajstić information content (AvgIpc) is 2.43. The van der Waals surface area contributed by atoms with Gasteiger partial charge in [0.1, 0.15) is 5.82 Å². The number of carbonyl (C=O) groups is 1. The van der Waals surface area contributed by atoms with Crippen molar-refractivity contribution in [1.82, 2.24) is 4.90 Å². The van der Waals surface area contributed by atoms with Crippen molar-refractivity contribution in [2.24, 2.45) is 5.73 Å². The Hall–Kier alpha value is -1.90. The number of hydrogen-bond donors (Lipinski definition) is 2. The van der Waals surface area contributed by atoms with Crippen LogP contribution in [0.4, 0.5) is 4.39 Å². The van der Waals surface area contributed by atoms with Crippen molar-refractivity contribution in [1.29, 1.82) is 0 Å². The van der Waals surface area contributed by atoms with E-state index in [9.17, 15) is 14.3 Å². The van der Waals surface area contributed by atoms with Crippen LogP contribution in [0.15, 0.2) is 18.2 Å². The molecule has 2 rings (SSSR count). The highest BCUT2D eigenvalue weighted by atomic mass is 19.1. The molecule has 1 atom stereocenters. The molecule has 1 heterocycles. The molecule has 0 radical (unpaired) electrons. The van der Waals surface area contributed by atoms with Crippen LogP contribution >= 0.6 is 0 Å². The van der Waals surface area contributed by atoms with E-state index >= 15 is 0 Å². The Morgan fingerprint density at radius 1 is 1.57 bits per heavy atom. The predicted octanol–water partition coefficient (Wildman–Crippen LogP) is 1.12. The summed E-state index contributed by atoms with van der Waals surface area (Å²) < 4.78 is 14.1. The first kappa shape index (κ1) is 15.5. The zero-order chi connectivity index (χ0) is 15.5. The van der Waals surface area contributed by atoms with Gasteiger partial charge in [0.15, 0.2) is 0 Å². The van der Waals surface area contributed by atoms with Crippen LogP contribution in [0.2, 0.25) is 0 Å². The van der Waals surface area contributed by atoms with Crippen molar-refractivity contribution >= 4 is 5.91 Å². The van der Waals surface area contributed by atoms with Crippen LogP contribution < -0.4 is 5.73 Å². The average molecular weight is 290 g/mol. The van der Waals surface area contributed by atoms with Gasteiger partial charge in [0, 0.05) is 18.7 Å². The molecule has 0 spiro atoms. The van der Waals surface area contributed by atoms with E-state index in [0.29, 0.717) is 24.9 Å². The first-order valence-electron chi connectivity index (χ1n) is 6.93. The Morgan fingerprint density at radius 2 is 2.33 bits per heavy atom. The fourth-order valence-electron chi connectivity index (χ4n) is 2.48. The third-order valence-electron chi connectivity index (χ3n) is 3.50. The van der Waals surface area contributed by atoms with E-state index in [1.807, 2.05) is 0 Å². The molecule has 1 aromatic carbocycles. The molecule has 1 aliphatic heterocycles. The fraction of sp³-hybridized carbons (Fsp3) is 0.438. The van der Waals surface area contributed by atoms with Crippen molar-refractivity contribution in [2.45, 2.75) is 25.4 Å². The van der Waals surface area contributed by atoms with Crippen molar-refractivity contribution < 1.29 is 14.3 Å². The quantitative estimate of drug-likeness (QED) is 0.762. The second-order valence-electron chi connectivity index (χ2n) is 5.53. The van der Waals surface area contributed by atoms with Crippen molar-refractivity contribution in [2.75, 3.05) is 19.6 Å². The topological polar surface area (TPSA) is 66.6 Å². The van der Waals surface area contributed by atoms with E-state index in [1.54, 1.807) is 13.0 Å². The zero-order valence-electron chi connectivity index (χ0n) is 12.0. The molecule has 1 unspecified atom stereocenters. The molecule has 1 aromatic rings. The maximum absolute atomic E-state index is 14.1. The number of hydrogen-bond acceptors (Lipinski definition) is 3. The second-order valence-corrected chi connectivity index (χ2v) is 5.53. The molecular formula is C16H19FN2O2. The van der Waals surface area contributed by atoms with Crippen LogP contribution in [0.3, 0.4) is 0 Å². The van der Waals surface area contributed by atoms with Crippen LogP contribution in [0.5, 0.6) is 0 Å². The SMILES string of the molecule is CC1(O)CCCN(C(=O)c2ccc(C#CCN)cc2F)C1. The molecule has 5 heteroatoms. The maximum atomic E-state index is 14.1. The molecular weight excluding hydrogens is 271 g/mol. The lowest BCUT2D eigenvalue weighted by atomic mass is 9.94. The minimum atomic E-state index is -0.906. The van der Waals surface area contributed by atoms with Gasteiger partial charge in [-0.25, -0.2) is 4.39 Å². The number of nitrogens with two attached hydrogens (primary N) is 1. The molecule has 4 nitrogen and oxygen atoms in total. The first-order valence-corrected chi connectivity index (χ1v) is 6.93. The second kappa shape index (κ2) is 6.25. The Bertz CT molecular complexity index is 602. The van der Waals surface area contributed by atoms with Crippen molar-refractivity contribution in [3.05, 3.63) is 35.1 Å². The maximum Gasteiger partial charge on any atom is 0.256 e. The van der Waals surface area contributed by atoms with Gasteiger partial charge in [0.05, 0.1) is 17.7 Å². The number of piperidine rings is 1. The summed E-state index contributed by atoms with van der Waals surface area (Å²) in [5, 5.41) is 10.0. The van der Waals surface area contributed by atoms with Gasteiger partial charge in [-0.05, 0) is 38.0 Å². The summed E-state index contributed by atoms with van der Waals surface area (Å²) in [5.41, 5.74) is 4.85. The number of halogens is 1. The summed E-state index contributed by atoms with van der Waals surface area (Å²) >= 11 is 0. The van der Waals surface area contributed by atoms with E-state index in [1.165, 1.54) is 17.0 Å². The highest BCUT2D eigenvalue weighted by Crippen LogP contribution is 2.22. The van der Waals surface area contributed by atoms with Gasteiger partial charge < -0.3 is 15.7 Å². The molecule has 1 fully saturated rings. The molecule has 0 aromatic heterocycles. The standard InChI is InChI=1S/C16H19FN2O2/c1-16(21)7-3-9-19(11-16)15(20)13-6-5-12(4-2-8-18)10-14(13)17/h5-6,10,21H,3,7-9,11,18H2,1H3. The van der Waals surface area contributed by atoms with Crippen LogP contribution in [-0.4, -0.2) is 41.1 Å². The van der Waals surface area contributed by atoms with Crippen LogP contribution in [-0.2, 0) is 0 Å². The number of amides is 1. The summed E-state index contributed by atoms with van der Waals surface area (Å²) in [7, 11) is 0. The molecule has 112 valence electrons. The van der Waals surface area contributed by atoms with Gasteiger partial charge >= 0.3 is 0 Å². The third-order valence-corrected chi connectivity index (χ3v) is 3.50. The fourth-order valence-corrected chi connectivity index (χ4v) is 2.48. The number of aliphatic hydroxyl groups is 1.